The van der Waals surface area contributed by atoms with Gasteiger partial charge in [0.1, 0.15) is 11.2 Å². The number of furan rings is 1. The Kier molecular flexibility index (Phi) is 5.46. The summed E-state index contributed by atoms with van der Waals surface area (Å²) in [6.45, 7) is 0. The Morgan fingerprint density at radius 2 is 1.00 bits per heavy atom. The summed E-state index contributed by atoms with van der Waals surface area (Å²) in [5.74, 6) is 0. The Labute approximate surface area is 271 Å². The van der Waals surface area contributed by atoms with Gasteiger partial charge in [-0.25, -0.2) is 0 Å². The van der Waals surface area contributed by atoms with E-state index in [1.54, 1.807) is 0 Å². The van der Waals surface area contributed by atoms with Crippen molar-refractivity contribution in [2.75, 3.05) is 4.90 Å². The van der Waals surface area contributed by atoms with Crippen LogP contribution < -0.4 is 4.90 Å². The molecular weight excluding hydrogens is 579 g/mol. The summed E-state index contributed by atoms with van der Waals surface area (Å²) in [5, 5.41) is 2.31. The number of hydrogen-bond donors (Lipinski definition) is 0. The van der Waals surface area contributed by atoms with Crippen LogP contribution in [-0.4, -0.2) is 0 Å². The average Bonchev–Trinajstić information content (AvgIpc) is 3.62. The van der Waals surface area contributed by atoms with Gasteiger partial charge in [0.05, 0.1) is 5.41 Å². The number of benzene rings is 7. The smallest absolute Gasteiger partial charge is 0.135 e. The molecule has 1 spiro atoms. The average molecular weight is 606 g/mol. The van der Waals surface area contributed by atoms with Crippen molar-refractivity contribution in [1.29, 1.82) is 0 Å². The van der Waals surface area contributed by atoms with E-state index in [1.165, 1.54) is 43.2 Å². The van der Waals surface area contributed by atoms with Gasteiger partial charge < -0.3 is 9.32 Å². The molecule has 0 saturated heterocycles. The molecule has 0 unspecified atom stereocenters. The highest BCUT2D eigenvalue weighted by Gasteiger charge is 2.50. The molecule has 7 aromatic carbocycles. The molecule has 216 valence electrons. The number of para-hydroxylation sites is 3. The van der Waals surface area contributed by atoms with Crippen LogP contribution in [0.4, 0.5) is 17.1 Å². The van der Waals surface area contributed by atoms with E-state index in [-0.39, 0.29) is 0 Å². The zero-order valence-electron chi connectivity index (χ0n) is 24.9. The zero-order chi connectivity index (χ0) is 30.2. The topological polar surface area (TPSA) is 16.4 Å². The van der Waals surface area contributed by atoms with Gasteiger partial charge in [0, 0.05) is 37.6 Å². The summed E-state index contributed by atoms with van der Waals surface area (Å²) in [5.41, 5.74) is 12.6. The third kappa shape index (κ3) is 3.49. The highest BCUT2D eigenvalue weighted by molar-refractivity contribution is 7.99. The predicted molar refractivity (Wildman–Crippen MR) is 190 cm³/mol. The van der Waals surface area contributed by atoms with Gasteiger partial charge in [0.25, 0.3) is 0 Å². The van der Waals surface area contributed by atoms with E-state index >= 15 is 0 Å². The molecule has 0 N–H and O–H groups in total. The Hall–Kier alpha value is -5.51. The Morgan fingerprint density at radius 3 is 1.70 bits per heavy atom. The number of fused-ring (bicyclic) bond motifs is 12. The van der Waals surface area contributed by atoms with E-state index in [1.807, 2.05) is 17.8 Å². The van der Waals surface area contributed by atoms with E-state index in [9.17, 15) is 0 Å². The molecule has 1 aliphatic carbocycles. The monoisotopic (exact) mass is 605 g/mol. The molecule has 0 atom stereocenters. The van der Waals surface area contributed by atoms with Gasteiger partial charge in [-0.15, -0.1) is 0 Å². The third-order valence-corrected chi connectivity index (χ3v) is 10.8. The molecule has 2 heterocycles. The lowest BCUT2D eigenvalue weighted by molar-refractivity contribution is 0.662. The molecule has 2 nitrogen and oxygen atoms in total. The van der Waals surface area contributed by atoms with Crippen molar-refractivity contribution in [3.05, 3.63) is 186 Å². The number of nitrogens with zero attached hydrogens (tertiary/aromatic N) is 1. The van der Waals surface area contributed by atoms with Crippen molar-refractivity contribution in [2.24, 2.45) is 0 Å². The Bertz CT molecular complexity index is 2380. The maximum Gasteiger partial charge on any atom is 0.135 e. The van der Waals surface area contributed by atoms with Crippen molar-refractivity contribution in [3.63, 3.8) is 0 Å². The highest BCUT2D eigenvalue weighted by atomic mass is 32.2. The maximum atomic E-state index is 6.52. The van der Waals surface area contributed by atoms with Crippen LogP contribution in [0.1, 0.15) is 22.3 Å². The van der Waals surface area contributed by atoms with Gasteiger partial charge >= 0.3 is 0 Å². The summed E-state index contributed by atoms with van der Waals surface area (Å²) >= 11 is 1.87. The fourth-order valence-electron chi connectivity index (χ4n) is 7.85. The molecule has 1 aromatic heterocycles. The maximum absolute atomic E-state index is 6.52. The van der Waals surface area contributed by atoms with Gasteiger partial charge in [0.15, 0.2) is 0 Å². The largest absolute Gasteiger partial charge is 0.456 e. The molecular formula is C43H27NOS. The predicted octanol–water partition coefficient (Wildman–Crippen LogP) is 11.9. The van der Waals surface area contributed by atoms with Gasteiger partial charge in [-0.2, -0.15) is 0 Å². The normalized spacial score (nSPS) is 13.7. The molecule has 0 radical (unpaired) electrons. The second-order valence-corrected chi connectivity index (χ2v) is 13.2. The van der Waals surface area contributed by atoms with Crippen LogP contribution in [0.25, 0.3) is 33.1 Å². The number of rotatable bonds is 3. The minimum absolute atomic E-state index is 0.473. The van der Waals surface area contributed by atoms with Gasteiger partial charge in [0.2, 0.25) is 0 Å². The number of anilines is 3. The van der Waals surface area contributed by atoms with Crippen LogP contribution in [-0.2, 0) is 5.41 Å². The molecule has 0 bridgehead atoms. The minimum Gasteiger partial charge on any atom is -0.456 e. The standard InChI is InChI=1S/C43H27NOS/c1-3-13-28(14-4-1)44(29-15-5-2-6-16-29)30-23-24-37-41(25-30)46-42-26-34-33-19-9-12-22-39(33)45-40(34)27-38(42)43(37)35-20-10-7-17-31(35)32-18-8-11-21-36(32)43/h1-27H. The zero-order valence-corrected chi connectivity index (χ0v) is 25.7. The first kappa shape index (κ1) is 25.8. The van der Waals surface area contributed by atoms with Crippen LogP contribution in [0.15, 0.2) is 178 Å². The molecule has 46 heavy (non-hydrogen) atoms. The van der Waals surface area contributed by atoms with Crippen molar-refractivity contribution in [1.82, 2.24) is 0 Å². The molecule has 10 rings (SSSR count). The lowest BCUT2D eigenvalue weighted by atomic mass is 9.67. The molecule has 0 saturated carbocycles. The van der Waals surface area contributed by atoms with Crippen LogP contribution in [0.2, 0.25) is 0 Å². The Balaban J connectivity index is 1.29. The summed E-state index contributed by atoms with van der Waals surface area (Å²) in [7, 11) is 0. The van der Waals surface area contributed by atoms with Crippen molar-refractivity contribution in [3.8, 4) is 11.1 Å². The van der Waals surface area contributed by atoms with Crippen molar-refractivity contribution in [2.45, 2.75) is 15.2 Å². The molecule has 0 fully saturated rings. The summed E-state index contributed by atoms with van der Waals surface area (Å²) in [4.78, 5) is 4.88. The van der Waals surface area contributed by atoms with Crippen molar-refractivity contribution >= 4 is 50.8 Å². The number of hydrogen-bond acceptors (Lipinski definition) is 3. The van der Waals surface area contributed by atoms with Crippen LogP contribution in [0, 0.1) is 0 Å². The fraction of sp³-hybridized carbons (Fsp3) is 0.0233. The lowest BCUT2D eigenvalue weighted by Gasteiger charge is -2.40. The Morgan fingerprint density at radius 1 is 0.413 bits per heavy atom. The van der Waals surface area contributed by atoms with Gasteiger partial charge in [-0.1, -0.05) is 121 Å². The summed E-state index contributed by atoms with van der Waals surface area (Å²) in [6.07, 6.45) is 0. The lowest BCUT2D eigenvalue weighted by Crippen LogP contribution is -2.32. The van der Waals surface area contributed by atoms with Crippen LogP contribution in [0.5, 0.6) is 0 Å². The summed E-state index contributed by atoms with van der Waals surface area (Å²) in [6, 6.07) is 59.4. The first-order valence-corrected chi connectivity index (χ1v) is 16.5. The summed E-state index contributed by atoms with van der Waals surface area (Å²) < 4.78 is 6.52. The second kappa shape index (κ2) is 9.74. The molecule has 1 aliphatic heterocycles. The van der Waals surface area contributed by atoms with E-state index in [4.69, 9.17) is 4.42 Å². The van der Waals surface area contributed by atoms with Crippen molar-refractivity contribution < 1.29 is 4.42 Å². The molecule has 2 aliphatic rings. The minimum atomic E-state index is -0.473. The van der Waals surface area contributed by atoms with E-state index in [2.05, 4.69) is 163 Å². The second-order valence-electron chi connectivity index (χ2n) is 12.1. The fourth-order valence-corrected chi connectivity index (χ4v) is 9.10. The molecule has 8 aromatic rings. The third-order valence-electron chi connectivity index (χ3n) is 9.71. The quantitative estimate of drug-likeness (QED) is 0.199. The highest BCUT2D eigenvalue weighted by Crippen LogP contribution is 2.63. The first-order valence-electron chi connectivity index (χ1n) is 15.7. The van der Waals surface area contributed by atoms with Gasteiger partial charge in [-0.05, 0) is 88.0 Å². The SMILES string of the molecule is c1ccc(N(c2ccccc2)c2ccc3c(c2)Sc2cc4c(cc2C32c3ccccc3-c3ccccc32)oc2ccccc24)cc1. The first-order chi connectivity index (χ1) is 22.8. The van der Waals surface area contributed by atoms with Crippen LogP contribution >= 0.6 is 11.8 Å². The molecule has 0 amide bonds. The van der Waals surface area contributed by atoms with E-state index < -0.39 is 5.41 Å². The van der Waals surface area contributed by atoms with E-state index in [0.29, 0.717) is 0 Å². The van der Waals surface area contributed by atoms with E-state index in [0.717, 1.165) is 39.0 Å². The van der Waals surface area contributed by atoms with Crippen LogP contribution in [0.3, 0.4) is 0 Å². The molecule has 3 heteroatoms. The van der Waals surface area contributed by atoms with Gasteiger partial charge in [-0.3, -0.25) is 0 Å².